The zero-order chi connectivity index (χ0) is 15.9. The standard InChI is InChI=1S/C17H17N5O.HI/c18-17(19-12-14-9-10-20-22-14)21-13-5-4-8-16(11-13)23-15-6-2-1-3-7-15;/h1-11H,12H2,(H,20,22)(H3,18,19,21);1H. The van der Waals surface area contributed by atoms with Crippen molar-refractivity contribution in [2.24, 2.45) is 10.7 Å². The van der Waals surface area contributed by atoms with E-state index < -0.39 is 0 Å². The number of hydrogen-bond acceptors (Lipinski definition) is 3. The van der Waals surface area contributed by atoms with E-state index in [1.54, 1.807) is 6.20 Å². The van der Waals surface area contributed by atoms with Crippen molar-refractivity contribution in [3.05, 3.63) is 72.6 Å². The maximum absolute atomic E-state index is 5.89. The summed E-state index contributed by atoms with van der Waals surface area (Å²) in [6.45, 7) is 0.443. The van der Waals surface area contributed by atoms with Crippen LogP contribution in [0.1, 0.15) is 5.69 Å². The fourth-order valence-corrected chi connectivity index (χ4v) is 1.99. The van der Waals surface area contributed by atoms with Crippen molar-refractivity contribution in [3.8, 4) is 11.5 Å². The topological polar surface area (TPSA) is 88.3 Å². The van der Waals surface area contributed by atoms with E-state index in [0.29, 0.717) is 12.5 Å². The Bertz CT molecular complexity index is 775. The number of nitrogens with two attached hydrogens (primary N) is 1. The van der Waals surface area contributed by atoms with Crippen LogP contribution < -0.4 is 15.8 Å². The minimum absolute atomic E-state index is 0. The number of anilines is 1. The largest absolute Gasteiger partial charge is 0.457 e. The normalized spacial score (nSPS) is 10.8. The Morgan fingerprint density at radius 2 is 1.88 bits per heavy atom. The first-order chi connectivity index (χ1) is 11.3. The van der Waals surface area contributed by atoms with Crippen molar-refractivity contribution >= 4 is 35.6 Å². The van der Waals surface area contributed by atoms with E-state index in [2.05, 4.69) is 20.5 Å². The van der Waals surface area contributed by atoms with Gasteiger partial charge in [0.25, 0.3) is 0 Å². The van der Waals surface area contributed by atoms with Gasteiger partial charge in [-0.05, 0) is 30.3 Å². The highest BCUT2D eigenvalue weighted by molar-refractivity contribution is 14.0. The van der Waals surface area contributed by atoms with Gasteiger partial charge in [-0.1, -0.05) is 24.3 Å². The number of hydrogen-bond donors (Lipinski definition) is 3. The second kappa shape index (κ2) is 8.92. The highest BCUT2D eigenvalue weighted by Gasteiger charge is 2.00. The van der Waals surface area contributed by atoms with Crippen molar-refractivity contribution in [1.29, 1.82) is 0 Å². The first-order valence-corrected chi connectivity index (χ1v) is 7.18. The molecule has 0 unspecified atom stereocenters. The summed E-state index contributed by atoms with van der Waals surface area (Å²) in [5, 5.41) is 9.74. The first-order valence-electron chi connectivity index (χ1n) is 7.18. The van der Waals surface area contributed by atoms with Crippen LogP contribution in [0.25, 0.3) is 0 Å². The lowest BCUT2D eigenvalue weighted by atomic mass is 10.3. The van der Waals surface area contributed by atoms with Gasteiger partial charge in [-0.15, -0.1) is 24.0 Å². The Morgan fingerprint density at radius 1 is 1.08 bits per heavy atom. The fraction of sp³-hybridized carbons (Fsp3) is 0.0588. The molecule has 3 rings (SSSR count). The molecule has 0 aliphatic carbocycles. The summed E-state index contributed by atoms with van der Waals surface area (Å²) >= 11 is 0. The molecule has 124 valence electrons. The van der Waals surface area contributed by atoms with Crippen molar-refractivity contribution in [3.63, 3.8) is 0 Å². The van der Waals surface area contributed by atoms with Crippen molar-refractivity contribution in [2.45, 2.75) is 6.54 Å². The van der Waals surface area contributed by atoms with E-state index >= 15 is 0 Å². The van der Waals surface area contributed by atoms with Gasteiger partial charge in [-0.25, -0.2) is 4.99 Å². The molecule has 4 N–H and O–H groups in total. The molecule has 0 radical (unpaired) electrons. The Kier molecular flexibility index (Phi) is 6.62. The molecule has 7 heteroatoms. The summed E-state index contributed by atoms with van der Waals surface area (Å²) < 4.78 is 5.79. The van der Waals surface area contributed by atoms with E-state index in [1.165, 1.54) is 0 Å². The molecule has 1 heterocycles. The van der Waals surface area contributed by atoms with Crippen molar-refractivity contribution in [2.75, 3.05) is 5.32 Å². The Morgan fingerprint density at radius 3 is 2.62 bits per heavy atom. The van der Waals surface area contributed by atoms with Gasteiger partial charge in [-0.3, -0.25) is 5.10 Å². The third-order valence-corrected chi connectivity index (χ3v) is 3.06. The first kappa shape index (κ1) is 17.8. The highest BCUT2D eigenvalue weighted by Crippen LogP contribution is 2.23. The SMILES string of the molecule is I.NC(=NCc1ccn[nH]1)Nc1cccc(Oc2ccccc2)c1. The van der Waals surface area contributed by atoms with E-state index in [9.17, 15) is 0 Å². The smallest absolute Gasteiger partial charge is 0.193 e. The number of H-pyrrole nitrogens is 1. The molecule has 3 aromatic rings. The Hall–Kier alpha value is -2.55. The van der Waals surface area contributed by atoms with Gasteiger partial charge < -0.3 is 15.8 Å². The average molecular weight is 435 g/mol. The maximum Gasteiger partial charge on any atom is 0.193 e. The third kappa shape index (κ3) is 5.27. The van der Waals surface area contributed by atoms with Crippen LogP contribution in [0.5, 0.6) is 11.5 Å². The highest BCUT2D eigenvalue weighted by atomic mass is 127. The zero-order valence-corrected chi connectivity index (χ0v) is 15.2. The van der Waals surface area contributed by atoms with Gasteiger partial charge in [0.15, 0.2) is 5.96 Å². The maximum atomic E-state index is 5.89. The van der Waals surface area contributed by atoms with Gasteiger partial charge in [0.05, 0.1) is 12.2 Å². The Labute approximate surface area is 157 Å². The van der Waals surface area contributed by atoms with Crippen LogP contribution in [0.2, 0.25) is 0 Å². The molecule has 6 nitrogen and oxygen atoms in total. The predicted molar refractivity (Wildman–Crippen MR) is 106 cm³/mol. The second-order valence-electron chi connectivity index (χ2n) is 4.85. The monoisotopic (exact) mass is 435 g/mol. The van der Waals surface area contributed by atoms with Gasteiger partial charge >= 0.3 is 0 Å². The summed E-state index contributed by atoms with van der Waals surface area (Å²) in [4.78, 5) is 4.25. The van der Waals surface area contributed by atoms with Gasteiger partial charge in [0.2, 0.25) is 0 Å². The number of para-hydroxylation sites is 1. The molecule has 0 amide bonds. The molecule has 24 heavy (non-hydrogen) atoms. The molecule has 1 aromatic heterocycles. The predicted octanol–water partition coefficient (Wildman–Crippen LogP) is 3.75. The molecule has 2 aromatic carbocycles. The number of aromatic nitrogens is 2. The molecule has 0 saturated carbocycles. The van der Waals surface area contributed by atoms with E-state index in [-0.39, 0.29) is 24.0 Å². The molecule has 0 aliphatic heterocycles. The van der Waals surface area contributed by atoms with Gasteiger partial charge in [0.1, 0.15) is 11.5 Å². The quantitative estimate of drug-likeness (QED) is 0.324. The average Bonchev–Trinajstić information content (AvgIpc) is 3.08. The summed E-state index contributed by atoms with van der Waals surface area (Å²) in [7, 11) is 0. The number of benzene rings is 2. The number of nitrogens with zero attached hydrogens (tertiary/aromatic N) is 2. The van der Waals surface area contributed by atoms with Crippen LogP contribution >= 0.6 is 24.0 Å². The van der Waals surface area contributed by atoms with Crippen LogP contribution in [-0.4, -0.2) is 16.2 Å². The number of guanidine groups is 1. The van der Waals surface area contributed by atoms with E-state index in [0.717, 1.165) is 22.9 Å². The van der Waals surface area contributed by atoms with Crippen LogP contribution in [0, 0.1) is 0 Å². The lowest BCUT2D eigenvalue weighted by Gasteiger charge is -2.09. The number of ether oxygens (including phenoxy) is 1. The number of halogens is 1. The second-order valence-corrected chi connectivity index (χ2v) is 4.85. The molecular weight excluding hydrogens is 417 g/mol. The molecule has 0 fully saturated rings. The molecule has 0 bridgehead atoms. The van der Waals surface area contributed by atoms with Gasteiger partial charge in [-0.2, -0.15) is 5.10 Å². The number of rotatable bonds is 5. The lowest BCUT2D eigenvalue weighted by Crippen LogP contribution is -2.22. The van der Waals surface area contributed by atoms with Crippen molar-refractivity contribution in [1.82, 2.24) is 10.2 Å². The number of aromatic amines is 1. The fourth-order valence-electron chi connectivity index (χ4n) is 1.99. The minimum Gasteiger partial charge on any atom is -0.457 e. The molecule has 0 spiro atoms. The number of aliphatic imine (C=N–C) groups is 1. The summed E-state index contributed by atoms with van der Waals surface area (Å²) in [6.07, 6.45) is 1.68. The third-order valence-electron chi connectivity index (χ3n) is 3.06. The molecule has 0 atom stereocenters. The van der Waals surface area contributed by atoms with E-state index in [4.69, 9.17) is 10.5 Å². The zero-order valence-electron chi connectivity index (χ0n) is 12.8. The van der Waals surface area contributed by atoms with Crippen LogP contribution in [0.15, 0.2) is 71.9 Å². The minimum atomic E-state index is 0. The van der Waals surface area contributed by atoms with E-state index in [1.807, 2.05) is 60.7 Å². The van der Waals surface area contributed by atoms with Gasteiger partial charge in [0, 0.05) is 18.0 Å². The molecule has 0 saturated heterocycles. The van der Waals surface area contributed by atoms with Crippen LogP contribution in [0.3, 0.4) is 0 Å². The van der Waals surface area contributed by atoms with Crippen molar-refractivity contribution < 1.29 is 4.74 Å². The summed E-state index contributed by atoms with van der Waals surface area (Å²) in [6, 6.07) is 19.0. The lowest BCUT2D eigenvalue weighted by molar-refractivity contribution is 0.483. The summed E-state index contributed by atoms with van der Waals surface area (Å²) in [5.74, 6) is 1.84. The number of nitrogens with one attached hydrogen (secondary N) is 2. The summed E-state index contributed by atoms with van der Waals surface area (Å²) in [5.41, 5.74) is 7.60. The Balaban J connectivity index is 0.00000208. The van der Waals surface area contributed by atoms with Crippen LogP contribution in [0.4, 0.5) is 5.69 Å². The molecular formula is C17H18IN5O. The molecule has 0 aliphatic rings. The van der Waals surface area contributed by atoms with Crippen LogP contribution in [-0.2, 0) is 6.54 Å².